The maximum atomic E-state index is 12.1. The smallest absolute Gasteiger partial charge is 0.223 e. The number of carbonyl (C=O) groups is 1. The molecule has 0 aromatic heterocycles. The molecule has 21 heavy (non-hydrogen) atoms. The molecule has 1 heterocycles. The van der Waals surface area contributed by atoms with Crippen LogP contribution in [-0.2, 0) is 4.79 Å². The molecular formula is C18H26N2O. The monoisotopic (exact) mass is 286 g/mol. The number of hydrogen-bond donors (Lipinski definition) is 1. The first-order valence-electron chi connectivity index (χ1n) is 8.35. The third-order valence-corrected chi connectivity index (χ3v) is 4.98. The standard InChI is InChI=1S/C18H26N2O/c1-14-8-9-17(16-7-3-2-6-15(14)16)19-11-10-18(21)20-12-4-5-13-20/h2-3,6-7,14,17,19H,4-5,8-13H2,1H3. The van der Waals surface area contributed by atoms with Gasteiger partial charge < -0.3 is 10.2 Å². The molecular weight excluding hydrogens is 260 g/mol. The van der Waals surface area contributed by atoms with Gasteiger partial charge in [0.05, 0.1) is 0 Å². The number of fused-ring (bicyclic) bond motifs is 1. The molecule has 3 heteroatoms. The van der Waals surface area contributed by atoms with Crippen LogP contribution in [0.1, 0.15) is 62.1 Å². The van der Waals surface area contributed by atoms with Crippen LogP contribution in [0.2, 0.25) is 0 Å². The Labute approximate surface area is 127 Å². The number of hydrogen-bond acceptors (Lipinski definition) is 2. The highest BCUT2D eigenvalue weighted by Gasteiger charge is 2.24. The lowest BCUT2D eigenvalue weighted by atomic mass is 9.81. The van der Waals surface area contributed by atoms with Gasteiger partial charge in [-0.2, -0.15) is 0 Å². The van der Waals surface area contributed by atoms with Crippen molar-refractivity contribution >= 4 is 5.91 Å². The summed E-state index contributed by atoms with van der Waals surface area (Å²) >= 11 is 0. The van der Waals surface area contributed by atoms with E-state index in [9.17, 15) is 4.79 Å². The molecule has 0 saturated carbocycles. The molecule has 1 saturated heterocycles. The number of carbonyl (C=O) groups excluding carboxylic acids is 1. The molecule has 1 aliphatic carbocycles. The van der Waals surface area contributed by atoms with E-state index in [-0.39, 0.29) is 0 Å². The van der Waals surface area contributed by atoms with Crippen molar-refractivity contribution in [3.8, 4) is 0 Å². The van der Waals surface area contributed by atoms with Gasteiger partial charge in [-0.15, -0.1) is 0 Å². The zero-order valence-corrected chi connectivity index (χ0v) is 13.0. The molecule has 3 rings (SSSR count). The summed E-state index contributed by atoms with van der Waals surface area (Å²) in [4.78, 5) is 14.1. The minimum atomic E-state index is 0.317. The molecule has 2 atom stereocenters. The van der Waals surface area contributed by atoms with Crippen LogP contribution in [0.4, 0.5) is 0 Å². The lowest BCUT2D eigenvalue weighted by Crippen LogP contribution is -2.33. The minimum absolute atomic E-state index is 0.317. The average molecular weight is 286 g/mol. The summed E-state index contributed by atoms with van der Waals surface area (Å²) in [6.07, 6.45) is 5.39. The molecule has 1 aromatic rings. The summed E-state index contributed by atoms with van der Waals surface area (Å²) in [6, 6.07) is 9.17. The van der Waals surface area contributed by atoms with Crippen LogP contribution in [0.5, 0.6) is 0 Å². The molecule has 1 aromatic carbocycles. The van der Waals surface area contributed by atoms with E-state index >= 15 is 0 Å². The minimum Gasteiger partial charge on any atom is -0.343 e. The molecule has 0 spiro atoms. The van der Waals surface area contributed by atoms with Crippen molar-refractivity contribution in [2.24, 2.45) is 0 Å². The van der Waals surface area contributed by atoms with Crippen molar-refractivity contribution in [3.63, 3.8) is 0 Å². The molecule has 2 unspecified atom stereocenters. The molecule has 0 bridgehead atoms. The molecule has 1 amide bonds. The predicted octanol–water partition coefficient (Wildman–Crippen LogP) is 3.23. The SMILES string of the molecule is CC1CCC(NCCC(=O)N2CCCC2)c2ccccc21. The zero-order valence-electron chi connectivity index (χ0n) is 13.0. The van der Waals surface area contributed by atoms with Crippen LogP contribution in [-0.4, -0.2) is 30.4 Å². The number of rotatable bonds is 4. The molecule has 114 valence electrons. The number of nitrogens with one attached hydrogen (secondary N) is 1. The maximum Gasteiger partial charge on any atom is 0.223 e. The highest BCUT2D eigenvalue weighted by molar-refractivity contribution is 5.76. The highest BCUT2D eigenvalue weighted by atomic mass is 16.2. The van der Waals surface area contributed by atoms with Crippen molar-refractivity contribution in [1.82, 2.24) is 10.2 Å². The average Bonchev–Trinajstić information content (AvgIpc) is 3.04. The molecule has 3 nitrogen and oxygen atoms in total. The number of amides is 1. The third kappa shape index (κ3) is 3.29. The summed E-state index contributed by atoms with van der Waals surface area (Å²) in [7, 11) is 0. The maximum absolute atomic E-state index is 12.1. The fourth-order valence-corrected chi connectivity index (χ4v) is 3.69. The van der Waals surface area contributed by atoms with E-state index in [0.29, 0.717) is 24.3 Å². The second-order valence-electron chi connectivity index (χ2n) is 6.45. The Morgan fingerprint density at radius 3 is 2.67 bits per heavy atom. The van der Waals surface area contributed by atoms with E-state index < -0.39 is 0 Å². The van der Waals surface area contributed by atoms with Crippen molar-refractivity contribution in [1.29, 1.82) is 0 Å². The van der Waals surface area contributed by atoms with E-state index in [1.807, 2.05) is 4.90 Å². The van der Waals surface area contributed by atoms with E-state index in [4.69, 9.17) is 0 Å². The Balaban J connectivity index is 1.54. The van der Waals surface area contributed by atoms with Gasteiger partial charge in [-0.05, 0) is 42.7 Å². The van der Waals surface area contributed by atoms with Crippen LogP contribution in [0.3, 0.4) is 0 Å². The lowest BCUT2D eigenvalue weighted by molar-refractivity contribution is -0.130. The Hall–Kier alpha value is -1.35. The number of nitrogens with zero attached hydrogens (tertiary/aromatic N) is 1. The molecule has 0 radical (unpaired) electrons. The van der Waals surface area contributed by atoms with Gasteiger partial charge in [-0.1, -0.05) is 31.2 Å². The Morgan fingerprint density at radius 2 is 1.90 bits per heavy atom. The Morgan fingerprint density at radius 1 is 1.19 bits per heavy atom. The van der Waals surface area contributed by atoms with Crippen LogP contribution in [0.15, 0.2) is 24.3 Å². The second-order valence-corrected chi connectivity index (χ2v) is 6.45. The topological polar surface area (TPSA) is 32.3 Å². The second kappa shape index (κ2) is 6.61. The summed E-state index contributed by atoms with van der Waals surface area (Å²) < 4.78 is 0. The van der Waals surface area contributed by atoms with Crippen molar-refractivity contribution < 1.29 is 4.79 Å². The summed E-state index contributed by atoms with van der Waals surface area (Å²) in [5.74, 6) is 0.975. The Kier molecular flexibility index (Phi) is 4.59. The fraction of sp³-hybridized carbons (Fsp3) is 0.611. The van der Waals surface area contributed by atoms with Crippen molar-refractivity contribution in [3.05, 3.63) is 35.4 Å². The fourth-order valence-electron chi connectivity index (χ4n) is 3.69. The van der Waals surface area contributed by atoms with E-state index in [0.717, 1.165) is 19.6 Å². The number of benzene rings is 1. The lowest BCUT2D eigenvalue weighted by Gasteiger charge is -2.30. The summed E-state index contributed by atoms with van der Waals surface area (Å²) in [5.41, 5.74) is 2.91. The quantitative estimate of drug-likeness (QED) is 0.921. The number of likely N-dealkylation sites (tertiary alicyclic amines) is 1. The van der Waals surface area contributed by atoms with Crippen LogP contribution >= 0.6 is 0 Å². The van der Waals surface area contributed by atoms with E-state index in [1.54, 1.807) is 0 Å². The first-order chi connectivity index (χ1) is 10.3. The van der Waals surface area contributed by atoms with Gasteiger partial charge in [-0.3, -0.25) is 4.79 Å². The zero-order chi connectivity index (χ0) is 14.7. The molecule has 1 aliphatic heterocycles. The van der Waals surface area contributed by atoms with Gasteiger partial charge in [0, 0.05) is 32.1 Å². The van der Waals surface area contributed by atoms with Crippen LogP contribution < -0.4 is 5.32 Å². The van der Waals surface area contributed by atoms with Gasteiger partial charge in [0.1, 0.15) is 0 Å². The molecule has 2 aliphatic rings. The van der Waals surface area contributed by atoms with Crippen LogP contribution in [0, 0.1) is 0 Å². The third-order valence-electron chi connectivity index (χ3n) is 4.98. The first-order valence-corrected chi connectivity index (χ1v) is 8.35. The van der Waals surface area contributed by atoms with Gasteiger partial charge in [0.15, 0.2) is 0 Å². The molecule has 1 N–H and O–H groups in total. The normalized spacial score (nSPS) is 24.9. The van der Waals surface area contributed by atoms with Crippen LogP contribution in [0.25, 0.3) is 0 Å². The van der Waals surface area contributed by atoms with Crippen molar-refractivity contribution in [2.45, 2.75) is 51.0 Å². The first kappa shape index (κ1) is 14.6. The Bertz CT molecular complexity index is 494. The van der Waals surface area contributed by atoms with E-state index in [2.05, 4.69) is 36.5 Å². The van der Waals surface area contributed by atoms with Gasteiger partial charge in [0.25, 0.3) is 0 Å². The summed E-state index contributed by atoms with van der Waals surface area (Å²) in [6.45, 7) is 5.03. The van der Waals surface area contributed by atoms with Crippen molar-refractivity contribution in [2.75, 3.05) is 19.6 Å². The van der Waals surface area contributed by atoms with Gasteiger partial charge >= 0.3 is 0 Å². The van der Waals surface area contributed by atoms with Gasteiger partial charge in [-0.25, -0.2) is 0 Å². The largest absolute Gasteiger partial charge is 0.343 e. The highest BCUT2D eigenvalue weighted by Crippen LogP contribution is 2.36. The molecule has 1 fully saturated rings. The summed E-state index contributed by atoms with van der Waals surface area (Å²) in [5, 5.41) is 3.61. The predicted molar refractivity (Wildman–Crippen MR) is 85.3 cm³/mol. The van der Waals surface area contributed by atoms with Gasteiger partial charge in [0.2, 0.25) is 5.91 Å². The van der Waals surface area contributed by atoms with E-state index in [1.165, 1.54) is 36.8 Å².